The lowest BCUT2D eigenvalue weighted by molar-refractivity contribution is 0.394. The highest BCUT2D eigenvalue weighted by Crippen LogP contribution is 2.35. The standard InChI is InChI=1S/C16H25NO3S/c1-5-17-16(13-6-7-21(18,19)10-13)14-8-12(3)15(20-4)9-11(14)2/h8-9,13,16-17H,5-7,10H2,1-4H3. The van der Waals surface area contributed by atoms with Gasteiger partial charge in [-0.25, -0.2) is 8.42 Å². The molecule has 2 unspecified atom stereocenters. The van der Waals surface area contributed by atoms with Crippen molar-refractivity contribution in [1.29, 1.82) is 0 Å². The third-order valence-corrected chi connectivity index (χ3v) is 6.08. The Kier molecular flexibility index (Phi) is 4.94. The Balaban J connectivity index is 2.37. The van der Waals surface area contributed by atoms with Crippen molar-refractivity contribution in [3.8, 4) is 5.75 Å². The molecule has 0 saturated carbocycles. The van der Waals surface area contributed by atoms with Gasteiger partial charge in [0.05, 0.1) is 18.6 Å². The summed E-state index contributed by atoms with van der Waals surface area (Å²) in [4.78, 5) is 0. The largest absolute Gasteiger partial charge is 0.496 e. The highest BCUT2D eigenvalue weighted by atomic mass is 32.2. The van der Waals surface area contributed by atoms with Crippen molar-refractivity contribution in [2.24, 2.45) is 5.92 Å². The fourth-order valence-corrected chi connectivity index (χ4v) is 5.04. The zero-order chi connectivity index (χ0) is 15.6. The van der Waals surface area contributed by atoms with Gasteiger partial charge in [-0.3, -0.25) is 0 Å². The molecule has 0 radical (unpaired) electrons. The Hall–Kier alpha value is -1.07. The Morgan fingerprint density at radius 1 is 1.33 bits per heavy atom. The summed E-state index contributed by atoms with van der Waals surface area (Å²) in [6.45, 7) is 6.97. The fraction of sp³-hybridized carbons (Fsp3) is 0.625. The molecule has 2 rings (SSSR count). The molecule has 1 N–H and O–H groups in total. The van der Waals surface area contributed by atoms with E-state index in [9.17, 15) is 8.42 Å². The van der Waals surface area contributed by atoms with Crippen LogP contribution in [0.5, 0.6) is 5.75 Å². The van der Waals surface area contributed by atoms with Gasteiger partial charge in [-0.05, 0) is 55.5 Å². The minimum absolute atomic E-state index is 0.0943. The van der Waals surface area contributed by atoms with Crippen molar-refractivity contribution >= 4 is 9.84 Å². The summed E-state index contributed by atoms with van der Waals surface area (Å²) in [5.74, 6) is 1.63. The molecule has 1 aliphatic rings. The molecule has 0 spiro atoms. The summed E-state index contributed by atoms with van der Waals surface area (Å²) in [5, 5.41) is 3.48. The predicted molar refractivity (Wildman–Crippen MR) is 85.6 cm³/mol. The normalized spacial score (nSPS) is 22.2. The lowest BCUT2D eigenvalue weighted by Gasteiger charge is -2.26. The van der Waals surface area contributed by atoms with E-state index in [1.807, 2.05) is 13.0 Å². The molecule has 21 heavy (non-hydrogen) atoms. The fourth-order valence-electron chi connectivity index (χ4n) is 3.20. The number of hydrogen-bond acceptors (Lipinski definition) is 4. The molecular formula is C16H25NO3S. The van der Waals surface area contributed by atoms with Crippen LogP contribution in [0.1, 0.15) is 36.1 Å². The van der Waals surface area contributed by atoms with Crippen molar-refractivity contribution in [3.63, 3.8) is 0 Å². The maximum absolute atomic E-state index is 11.8. The van der Waals surface area contributed by atoms with Gasteiger partial charge < -0.3 is 10.1 Å². The van der Waals surface area contributed by atoms with Gasteiger partial charge in [0.2, 0.25) is 0 Å². The number of ether oxygens (including phenoxy) is 1. The first kappa shape index (κ1) is 16.3. The molecule has 4 nitrogen and oxygen atoms in total. The van der Waals surface area contributed by atoms with E-state index in [2.05, 4.69) is 25.2 Å². The topological polar surface area (TPSA) is 55.4 Å². The van der Waals surface area contributed by atoms with E-state index in [-0.39, 0.29) is 17.7 Å². The molecule has 0 aromatic heterocycles. The van der Waals surface area contributed by atoms with Gasteiger partial charge in [0.25, 0.3) is 0 Å². The van der Waals surface area contributed by atoms with Crippen molar-refractivity contribution in [3.05, 3.63) is 28.8 Å². The van der Waals surface area contributed by atoms with Crippen molar-refractivity contribution in [2.75, 3.05) is 25.2 Å². The number of nitrogens with one attached hydrogen (secondary N) is 1. The molecule has 1 aliphatic heterocycles. The third kappa shape index (κ3) is 3.58. The van der Waals surface area contributed by atoms with Crippen LogP contribution in [0.4, 0.5) is 0 Å². The second kappa shape index (κ2) is 6.36. The number of aryl methyl sites for hydroxylation is 2. The molecule has 1 saturated heterocycles. The molecular weight excluding hydrogens is 286 g/mol. The summed E-state index contributed by atoms with van der Waals surface area (Å²) in [6, 6.07) is 4.27. The summed E-state index contributed by atoms with van der Waals surface area (Å²) < 4.78 is 28.9. The maximum Gasteiger partial charge on any atom is 0.150 e. The highest BCUT2D eigenvalue weighted by molar-refractivity contribution is 7.91. The van der Waals surface area contributed by atoms with Gasteiger partial charge in [0.1, 0.15) is 5.75 Å². The van der Waals surface area contributed by atoms with E-state index in [1.54, 1.807) is 7.11 Å². The van der Waals surface area contributed by atoms with Crippen LogP contribution in [0.3, 0.4) is 0 Å². The lowest BCUT2D eigenvalue weighted by Crippen LogP contribution is -2.29. The molecule has 5 heteroatoms. The van der Waals surface area contributed by atoms with E-state index in [4.69, 9.17) is 4.74 Å². The van der Waals surface area contributed by atoms with Gasteiger partial charge in [-0.15, -0.1) is 0 Å². The van der Waals surface area contributed by atoms with E-state index in [0.29, 0.717) is 5.75 Å². The highest BCUT2D eigenvalue weighted by Gasteiger charge is 2.34. The van der Waals surface area contributed by atoms with Gasteiger partial charge in [0, 0.05) is 6.04 Å². The molecule has 1 fully saturated rings. The molecule has 118 valence electrons. The van der Waals surface area contributed by atoms with Crippen LogP contribution in [-0.4, -0.2) is 33.6 Å². The molecule has 0 bridgehead atoms. The van der Waals surface area contributed by atoms with E-state index in [0.717, 1.165) is 29.8 Å². The number of methoxy groups -OCH3 is 1. The number of hydrogen-bond donors (Lipinski definition) is 1. The number of benzene rings is 1. The molecule has 1 heterocycles. The maximum atomic E-state index is 11.8. The average Bonchev–Trinajstić information content (AvgIpc) is 2.78. The summed E-state index contributed by atoms with van der Waals surface area (Å²) in [6.07, 6.45) is 0.741. The Morgan fingerprint density at radius 2 is 2.05 bits per heavy atom. The first-order chi connectivity index (χ1) is 9.88. The van der Waals surface area contributed by atoms with Crippen LogP contribution < -0.4 is 10.1 Å². The van der Waals surface area contributed by atoms with Crippen molar-refractivity contribution < 1.29 is 13.2 Å². The zero-order valence-electron chi connectivity index (χ0n) is 13.3. The van der Waals surface area contributed by atoms with Crippen molar-refractivity contribution in [1.82, 2.24) is 5.32 Å². The monoisotopic (exact) mass is 311 g/mol. The quantitative estimate of drug-likeness (QED) is 0.907. The Morgan fingerprint density at radius 3 is 2.57 bits per heavy atom. The van der Waals surface area contributed by atoms with Gasteiger partial charge in [0.15, 0.2) is 9.84 Å². The van der Waals surface area contributed by atoms with Crippen LogP contribution in [0, 0.1) is 19.8 Å². The van der Waals surface area contributed by atoms with E-state index < -0.39 is 9.84 Å². The molecule has 2 atom stereocenters. The van der Waals surface area contributed by atoms with Gasteiger partial charge in [-0.1, -0.05) is 13.0 Å². The van der Waals surface area contributed by atoms with Gasteiger partial charge in [-0.2, -0.15) is 0 Å². The van der Waals surface area contributed by atoms with Crippen LogP contribution >= 0.6 is 0 Å². The predicted octanol–water partition coefficient (Wildman–Crippen LogP) is 2.40. The molecule has 1 aromatic carbocycles. The van der Waals surface area contributed by atoms with E-state index >= 15 is 0 Å². The van der Waals surface area contributed by atoms with Crippen LogP contribution in [0.15, 0.2) is 12.1 Å². The SMILES string of the molecule is CCNC(c1cc(C)c(OC)cc1C)C1CCS(=O)(=O)C1. The Labute approximate surface area is 127 Å². The average molecular weight is 311 g/mol. The van der Waals surface area contributed by atoms with Crippen LogP contribution in [0.2, 0.25) is 0 Å². The van der Waals surface area contributed by atoms with Gasteiger partial charge >= 0.3 is 0 Å². The summed E-state index contributed by atoms with van der Waals surface area (Å²) >= 11 is 0. The molecule has 0 aliphatic carbocycles. The Bertz CT molecular complexity index is 610. The molecule has 0 amide bonds. The smallest absolute Gasteiger partial charge is 0.150 e. The first-order valence-corrected chi connectivity index (χ1v) is 9.29. The number of rotatable bonds is 5. The zero-order valence-corrected chi connectivity index (χ0v) is 14.1. The van der Waals surface area contributed by atoms with Crippen LogP contribution in [0.25, 0.3) is 0 Å². The summed E-state index contributed by atoms with van der Waals surface area (Å²) in [7, 11) is -1.19. The number of sulfone groups is 1. The minimum Gasteiger partial charge on any atom is -0.496 e. The second-order valence-corrected chi connectivity index (χ2v) is 8.11. The van der Waals surface area contributed by atoms with E-state index in [1.165, 1.54) is 5.56 Å². The lowest BCUT2D eigenvalue weighted by atomic mass is 9.88. The first-order valence-electron chi connectivity index (χ1n) is 7.47. The second-order valence-electron chi connectivity index (χ2n) is 5.88. The molecule has 1 aromatic rings. The minimum atomic E-state index is -2.87. The van der Waals surface area contributed by atoms with Crippen molar-refractivity contribution in [2.45, 2.75) is 33.2 Å². The third-order valence-electron chi connectivity index (χ3n) is 4.28. The van der Waals surface area contributed by atoms with Crippen LogP contribution in [-0.2, 0) is 9.84 Å². The summed E-state index contributed by atoms with van der Waals surface area (Å²) in [5.41, 5.74) is 3.42.